The first-order valence-electron chi connectivity index (χ1n) is 12.2. The molecule has 200 valence electrons. The van der Waals surface area contributed by atoms with E-state index in [1.54, 1.807) is 26.0 Å². The van der Waals surface area contributed by atoms with Gasteiger partial charge in [-0.3, -0.25) is 14.9 Å². The number of hydrogen-bond acceptors (Lipinski definition) is 8. The molecule has 0 spiro atoms. The summed E-state index contributed by atoms with van der Waals surface area (Å²) in [5.41, 5.74) is 2.64. The molecule has 0 radical (unpaired) electrons. The topological polar surface area (TPSA) is 124 Å². The van der Waals surface area contributed by atoms with Crippen LogP contribution in [0.15, 0.2) is 42.5 Å². The normalized spacial score (nSPS) is 16.2. The molecular formula is C27H34N2O8. The molecule has 0 saturated heterocycles. The number of methoxy groups -OCH3 is 2. The summed E-state index contributed by atoms with van der Waals surface area (Å²) in [6.07, 6.45) is -1.34. The van der Waals surface area contributed by atoms with Gasteiger partial charge in [-0.25, -0.2) is 4.79 Å². The summed E-state index contributed by atoms with van der Waals surface area (Å²) in [6.45, 7) is 3.68. The average Bonchev–Trinajstić information content (AvgIpc) is 2.89. The maximum absolute atomic E-state index is 13.5. The largest absolute Gasteiger partial charge is 0.507 e. The van der Waals surface area contributed by atoms with Crippen LogP contribution in [0.25, 0.3) is 0 Å². The van der Waals surface area contributed by atoms with Crippen molar-refractivity contribution in [1.82, 2.24) is 10.2 Å². The molecule has 10 nitrogen and oxygen atoms in total. The van der Waals surface area contributed by atoms with Crippen LogP contribution in [0.2, 0.25) is 0 Å². The van der Waals surface area contributed by atoms with Crippen molar-refractivity contribution in [3.63, 3.8) is 0 Å². The number of carbonyl (C=O) groups excluding carboxylic acids is 2. The Morgan fingerprint density at radius 3 is 2.32 bits per heavy atom. The summed E-state index contributed by atoms with van der Waals surface area (Å²) >= 11 is 0. The lowest BCUT2D eigenvalue weighted by atomic mass is 9.96. The van der Waals surface area contributed by atoms with E-state index < -0.39 is 36.3 Å². The molecule has 1 heterocycles. The third-order valence-corrected chi connectivity index (χ3v) is 6.27. The van der Waals surface area contributed by atoms with Gasteiger partial charge in [-0.1, -0.05) is 30.3 Å². The number of fused-ring (bicyclic) bond motifs is 1. The number of carboxylic acid groups (broad SMARTS) is 1. The molecule has 2 N–H and O–H groups in total. The van der Waals surface area contributed by atoms with Crippen molar-refractivity contribution < 1.29 is 38.4 Å². The van der Waals surface area contributed by atoms with Crippen molar-refractivity contribution in [3.8, 4) is 11.5 Å². The van der Waals surface area contributed by atoms with Crippen LogP contribution < -0.4 is 14.8 Å². The molecule has 1 amide bonds. The maximum atomic E-state index is 13.5. The number of ether oxygens (including phenoxy) is 4. The summed E-state index contributed by atoms with van der Waals surface area (Å²) in [6, 6.07) is 11.7. The summed E-state index contributed by atoms with van der Waals surface area (Å²) in [5.74, 6) is 0.152. The molecular weight excluding hydrogens is 480 g/mol. The van der Waals surface area contributed by atoms with Gasteiger partial charge in [-0.05, 0) is 55.5 Å². The molecule has 0 fully saturated rings. The number of benzene rings is 2. The van der Waals surface area contributed by atoms with Gasteiger partial charge in [0.15, 0.2) is 17.7 Å². The molecule has 2 aromatic carbocycles. The molecule has 0 aromatic heterocycles. The minimum absolute atomic E-state index is 0.104. The summed E-state index contributed by atoms with van der Waals surface area (Å²) in [7, 11) is 3.03. The van der Waals surface area contributed by atoms with E-state index in [0.717, 1.165) is 16.7 Å². The fourth-order valence-corrected chi connectivity index (χ4v) is 4.42. The van der Waals surface area contributed by atoms with Crippen molar-refractivity contribution >= 4 is 18.0 Å². The Morgan fingerprint density at radius 2 is 1.73 bits per heavy atom. The third kappa shape index (κ3) is 7.13. The number of rotatable bonds is 11. The van der Waals surface area contributed by atoms with Crippen LogP contribution in [-0.2, 0) is 38.4 Å². The molecule has 1 aliphatic heterocycles. The number of nitrogens with one attached hydrogen (secondary N) is 1. The van der Waals surface area contributed by atoms with Crippen LogP contribution in [0.4, 0.5) is 4.79 Å². The Balaban J connectivity index is 1.80. The molecule has 0 aliphatic carbocycles. The SMILES string of the molecule is CCOC(=O)[C@H](CCc1ccccc1)N[C@@H](C)C(=O)N1Cc2cc(OC)c(OC)cc2C[C@@H]1OC(=O)O. The highest BCUT2D eigenvalue weighted by atomic mass is 16.7. The van der Waals surface area contributed by atoms with E-state index in [9.17, 15) is 19.5 Å². The Kier molecular flexibility index (Phi) is 9.73. The van der Waals surface area contributed by atoms with Gasteiger partial charge in [0.1, 0.15) is 6.04 Å². The standard InChI is InChI=1S/C27H34N2O8/c1-5-36-26(31)21(12-11-18-9-7-6-8-10-18)28-17(2)25(30)29-16-20-14-23(35-4)22(34-3)13-19(20)15-24(29)37-27(32)33/h6-10,13-14,17,21,24,28H,5,11-12,15-16H2,1-4H3,(H,32,33)/t17-,21-,24-/m0/s1. The third-order valence-electron chi connectivity index (χ3n) is 6.27. The monoisotopic (exact) mass is 514 g/mol. The molecule has 10 heteroatoms. The van der Waals surface area contributed by atoms with Gasteiger partial charge in [0.25, 0.3) is 0 Å². The van der Waals surface area contributed by atoms with Crippen molar-refractivity contribution in [2.45, 2.75) is 58.0 Å². The zero-order chi connectivity index (χ0) is 26.9. The number of hydrogen-bond donors (Lipinski definition) is 2. The van der Waals surface area contributed by atoms with Crippen LogP contribution in [0.3, 0.4) is 0 Å². The highest BCUT2D eigenvalue weighted by Gasteiger charge is 2.36. The number of amides is 1. The number of nitrogens with zero attached hydrogens (tertiary/aromatic N) is 1. The Labute approximate surface area is 216 Å². The second-order valence-electron chi connectivity index (χ2n) is 8.70. The predicted octanol–water partition coefficient (Wildman–Crippen LogP) is 3.15. The van der Waals surface area contributed by atoms with E-state index in [2.05, 4.69) is 5.32 Å². The van der Waals surface area contributed by atoms with E-state index in [1.807, 2.05) is 30.3 Å². The fraction of sp³-hybridized carbons (Fsp3) is 0.444. The zero-order valence-electron chi connectivity index (χ0n) is 21.6. The van der Waals surface area contributed by atoms with Crippen LogP contribution in [0.5, 0.6) is 11.5 Å². The van der Waals surface area contributed by atoms with Gasteiger partial charge in [-0.2, -0.15) is 0 Å². The van der Waals surface area contributed by atoms with E-state index in [-0.39, 0.29) is 19.6 Å². The lowest BCUT2D eigenvalue weighted by molar-refractivity contribution is -0.149. The number of aryl methyl sites for hydroxylation is 1. The minimum atomic E-state index is -1.49. The number of carbonyl (C=O) groups is 3. The molecule has 37 heavy (non-hydrogen) atoms. The quantitative estimate of drug-likeness (QED) is 0.435. The summed E-state index contributed by atoms with van der Waals surface area (Å²) in [5, 5.41) is 12.4. The predicted molar refractivity (Wildman–Crippen MR) is 134 cm³/mol. The van der Waals surface area contributed by atoms with E-state index in [1.165, 1.54) is 19.1 Å². The second kappa shape index (κ2) is 13.0. The molecule has 3 rings (SSSR count). The molecule has 2 aromatic rings. The molecule has 1 aliphatic rings. The smallest absolute Gasteiger partial charge is 0.493 e. The van der Waals surface area contributed by atoms with Gasteiger partial charge < -0.3 is 29.0 Å². The van der Waals surface area contributed by atoms with Crippen LogP contribution in [0, 0.1) is 0 Å². The first kappa shape index (κ1) is 27.8. The van der Waals surface area contributed by atoms with Gasteiger partial charge in [0.05, 0.1) is 26.9 Å². The van der Waals surface area contributed by atoms with Gasteiger partial charge in [0, 0.05) is 13.0 Å². The van der Waals surface area contributed by atoms with Crippen LogP contribution in [0.1, 0.15) is 37.0 Å². The lowest BCUT2D eigenvalue weighted by Crippen LogP contribution is -2.55. The average molecular weight is 515 g/mol. The molecule has 0 unspecified atom stereocenters. The highest BCUT2D eigenvalue weighted by Crippen LogP contribution is 2.35. The Hall–Kier alpha value is -3.79. The minimum Gasteiger partial charge on any atom is -0.493 e. The summed E-state index contributed by atoms with van der Waals surface area (Å²) < 4.78 is 21.1. The van der Waals surface area contributed by atoms with Crippen LogP contribution >= 0.6 is 0 Å². The molecule has 0 bridgehead atoms. The zero-order valence-corrected chi connectivity index (χ0v) is 21.6. The number of esters is 1. The van der Waals surface area contributed by atoms with E-state index >= 15 is 0 Å². The van der Waals surface area contributed by atoms with Crippen molar-refractivity contribution in [1.29, 1.82) is 0 Å². The summed E-state index contributed by atoms with van der Waals surface area (Å²) in [4.78, 5) is 39.0. The first-order chi connectivity index (χ1) is 17.8. The molecule has 3 atom stereocenters. The Morgan fingerprint density at radius 1 is 1.08 bits per heavy atom. The first-order valence-corrected chi connectivity index (χ1v) is 12.2. The lowest BCUT2D eigenvalue weighted by Gasteiger charge is -2.37. The van der Waals surface area contributed by atoms with E-state index in [4.69, 9.17) is 18.9 Å². The maximum Gasteiger partial charge on any atom is 0.507 e. The van der Waals surface area contributed by atoms with Crippen molar-refractivity contribution in [2.75, 3.05) is 20.8 Å². The van der Waals surface area contributed by atoms with Crippen LogP contribution in [-0.4, -0.2) is 67.2 Å². The van der Waals surface area contributed by atoms with Gasteiger partial charge >= 0.3 is 12.1 Å². The molecule has 0 saturated carbocycles. The van der Waals surface area contributed by atoms with Crippen molar-refractivity contribution in [2.24, 2.45) is 0 Å². The Bertz CT molecular complexity index is 1090. The van der Waals surface area contributed by atoms with E-state index in [0.29, 0.717) is 24.3 Å². The van der Waals surface area contributed by atoms with Gasteiger partial charge in [-0.15, -0.1) is 0 Å². The second-order valence-corrected chi connectivity index (χ2v) is 8.70. The van der Waals surface area contributed by atoms with Gasteiger partial charge in [0.2, 0.25) is 5.91 Å². The van der Waals surface area contributed by atoms with Crippen molar-refractivity contribution in [3.05, 3.63) is 59.2 Å². The highest BCUT2D eigenvalue weighted by molar-refractivity contribution is 5.84. The fourth-order valence-electron chi connectivity index (χ4n) is 4.42.